The monoisotopic (exact) mass is 452 g/mol. The van der Waals surface area contributed by atoms with Crippen LogP contribution < -0.4 is 10.6 Å². The number of nitrogens with zero attached hydrogens (tertiary/aromatic N) is 2. The summed E-state index contributed by atoms with van der Waals surface area (Å²) < 4.78 is 10.8. The number of rotatable bonds is 9. The van der Waals surface area contributed by atoms with Gasteiger partial charge < -0.3 is 19.9 Å². The number of aliphatic imine (C=N–C) groups is 1. The maximum atomic E-state index is 5.57. The van der Waals surface area contributed by atoms with E-state index in [-0.39, 0.29) is 24.0 Å². The van der Waals surface area contributed by atoms with E-state index in [1.807, 2.05) is 13.8 Å². The Morgan fingerprint density at radius 1 is 1.25 bits per heavy atom. The Morgan fingerprint density at radius 2 is 1.96 bits per heavy atom. The van der Waals surface area contributed by atoms with Crippen LogP contribution in [-0.2, 0) is 4.74 Å². The first-order chi connectivity index (χ1) is 11.0. The van der Waals surface area contributed by atoms with Crippen LogP contribution in [0.25, 0.3) is 0 Å². The van der Waals surface area contributed by atoms with Gasteiger partial charge in [0.25, 0.3) is 0 Å². The van der Waals surface area contributed by atoms with Gasteiger partial charge in [-0.15, -0.1) is 24.0 Å². The SMILES string of the molecule is CN=C(NCCCOCC(C)C)NCC(C)c1c(C)noc1C.I. The molecule has 0 aliphatic rings. The van der Waals surface area contributed by atoms with Gasteiger partial charge in [0.2, 0.25) is 0 Å². The molecule has 1 aromatic heterocycles. The van der Waals surface area contributed by atoms with Gasteiger partial charge in [0.15, 0.2) is 5.96 Å². The summed E-state index contributed by atoms with van der Waals surface area (Å²) in [4.78, 5) is 4.25. The molecular formula is C17H33IN4O2. The molecule has 7 heteroatoms. The predicted molar refractivity (Wildman–Crippen MR) is 109 cm³/mol. The molecule has 24 heavy (non-hydrogen) atoms. The van der Waals surface area contributed by atoms with Crippen LogP contribution in [0.1, 0.15) is 50.1 Å². The second-order valence-electron chi connectivity index (χ2n) is 6.34. The van der Waals surface area contributed by atoms with Crippen LogP contribution in [0.2, 0.25) is 0 Å². The molecule has 0 saturated heterocycles. The fourth-order valence-corrected chi connectivity index (χ4v) is 2.47. The molecule has 0 bridgehead atoms. The highest BCUT2D eigenvalue weighted by Gasteiger charge is 2.16. The van der Waals surface area contributed by atoms with E-state index in [2.05, 4.69) is 41.6 Å². The third-order valence-corrected chi connectivity index (χ3v) is 3.59. The minimum Gasteiger partial charge on any atom is -0.381 e. The van der Waals surface area contributed by atoms with Crippen molar-refractivity contribution in [2.75, 3.05) is 33.4 Å². The van der Waals surface area contributed by atoms with E-state index in [1.165, 1.54) is 5.56 Å². The molecular weight excluding hydrogens is 419 g/mol. The third-order valence-electron chi connectivity index (χ3n) is 3.59. The van der Waals surface area contributed by atoms with E-state index in [4.69, 9.17) is 9.26 Å². The fraction of sp³-hybridized carbons (Fsp3) is 0.765. The number of ether oxygens (including phenoxy) is 1. The molecule has 1 aromatic rings. The maximum Gasteiger partial charge on any atom is 0.190 e. The van der Waals surface area contributed by atoms with Crippen molar-refractivity contribution in [1.29, 1.82) is 0 Å². The molecule has 1 heterocycles. The Labute approximate surface area is 163 Å². The average molecular weight is 452 g/mol. The van der Waals surface area contributed by atoms with Crippen molar-refractivity contribution in [3.63, 3.8) is 0 Å². The number of nitrogens with one attached hydrogen (secondary N) is 2. The first-order valence-corrected chi connectivity index (χ1v) is 8.40. The van der Waals surface area contributed by atoms with Crippen molar-refractivity contribution >= 4 is 29.9 Å². The van der Waals surface area contributed by atoms with Crippen LogP contribution in [-0.4, -0.2) is 44.5 Å². The lowest BCUT2D eigenvalue weighted by Crippen LogP contribution is -2.39. The van der Waals surface area contributed by atoms with E-state index in [1.54, 1.807) is 7.05 Å². The molecule has 0 saturated carbocycles. The lowest BCUT2D eigenvalue weighted by Gasteiger charge is -2.16. The summed E-state index contributed by atoms with van der Waals surface area (Å²) in [5.74, 6) is 2.60. The Kier molecular flexibility index (Phi) is 12.1. The van der Waals surface area contributed by atoms with Gasteiger partial charge in [-0.25, -0.2) is 0 Å². The van der Waals surface area contributed by atoms with E-state index in [0.717, 1.165) is 50.1 Å². The third kappa shape index (κ3) is 8.32. The Morgan fingerprint density at radius 3 is 2.50 bits per heavy atom. The number of aromatic nitrogens is 1. The quantitative estimate of drug-likeness (QED) is 0.261. The minimum absolute atomic E-state index is 0. The van der Waals surface area contributed by atoms with Crippen LogP contribution in [0, 0.1) is 19.8 Å². The highest BCUT2D eigenvalue weighted by atomic mass is 127. The number of guanidine groups is 1. The van der Waals surface area contributed by atoms with Crippen LogP contribution in [0.4, 0.5) is 0 Å². The molecule has 0 fully saturated rings. The van der Waals surface area contributed by atoms with Gasteiger partial charge >= 0.3 is 0 Å². The Bertz CT molecular complexity index is 469. The van der Waals surface area contributed by atoms with Gasteiger partial charge in [-0.1, -0.05) is 25.9 Å². The molecule has 140 valence electrons. The van der Waals surface area contributed by atoms with Gasteiger partial charge in [0.1, 0.15) is 5.76 Å². The van der Waals surface area contributed by atoms with Crippen molar-refractivity contribution in [2.24, 2.45) is 10.9 Å². The summed E-state index contributed by atoms with van der Waals surface area (Å²) in [5, 5.41) is 10.7. The maximum absolute atomic E-state index is 5.57. The first-order valence-electron chi connectivity index (χ1n) is 8.40. The number of hydrogen-bond acceptors (Lipinski definition) is 4. The minimum atomic E-state index is 0. The summed E-state index contributed by atoms with van der Waals surface area (Å²) in [5.41, 5.74) is 2.14. The zero-order valence-electron chi connectivity index (χ0n) is 15.8. The zero-order valence-corrected chi connectivity index (χ0v) is 18.1. The molecule has 0 radical (unpaired) electrons. The summed E-state index contributed by atoms with van der Waals surface area (Å²) in [6.45, 7) is 13.6. The van der Waals surface area contributed by atoms with E-state index < -0.39 is 0 Å². The zero-order chi connectivity index (χ0) is 17.2. The van der Waals surface area contributed by atoms with Crippen molar-refractivity contribution in [1.82, 2.24) is 15.8 Å². The van der Waals surface area contributed by atoms with Gasteiger partial charge in [0.05, 0.1) is 5.69 Å². The topological polar surface area (TPSA) is 71.7 Å². The van der Waals surface area contributed by atoms with Gasteiger partial charge in [-0.3, -0.25) is 4.99 Å². The Balaban J connectivity index is 0.00000529. The highest BCUT2D eigenvalue weighted by Crippen LogP contribution is 2.22. The summed E-state index contributed by atoms with van der Waals surface area (Å²) >= 11 is 0. The summed E-state index contributed by atoms with van der Waals surface area (Å²) in [7, 11) is 1.78. The molecule has 0 aliphatic carbocycles. The number of halogens is 1. The fourth-order valence-electron chi connectivity index (χ4n) is 2.47. The van der Waals surface area contributed by atoms with Gasteiger partial charge in [-0.05, 0) is 26.2 Å². The van der Waals surface area contributed by atoms with Crippen LogP contribution in [0.3, 0.4) is 0 Å². The Hall–Kier alpha value is -0.830. The van der Waals surface area contributed by atoms with Crippen molar-refractivity contribution in [3.8, 4) is 0 Å². The van der Waals surface area contributed by atoms with E-state index in [9.17, 15) is 0 Å². The van der Waals surface area contributed by atoms with E-state index in [0.29, 0.717) is 11.8 Å². The molecule has 0 aliphatic heterocycles. The highest BCUT2D eigenvalue weighted by molar-refractivity contribution is 14.0. The largest absolute Gasteiger partial charge is 0.381 e. The molecule has 6 nitrogen and oxygen atoms in total. The molecule has 1 unspecified atom stereocenters. The first kappa shape index (κ1) is 23.2. The summed E-state index contributed by atoms with van der Waals surface area (Å²) in [6.07, 6.45) is 0.965. The standard InChI is InChI=1S/C17H32N4O2.HI/c1-12(2)11-22-9-7-8-19-17(18-6)20-10-13(3)16-14(4)21-23-15(16)5;/h12-13H,7-11H2,1-6H3,(H2,18,19,20);1H. The second kappa shape index (κ2) is 12.5. The van der Waals surface area contributed by atoms with E-state index >= 15 is 0 Å². The second-order valence-corrected chi connectivity index (χ2v) is 6.34. The molecule has 1 rings (SSSR count). The van der Waals surface area contributed by atoms with Gasteiger partial charge in [0, 0.05) is 44.8 Å². The smallest absolute Gasteiger partial charge is 0.190 e. The summed E-state index contributed by atoms with van der Waals surface area (Å²) in [6, 6.07) is 0. The molecule has 2 N–H and O–H groups in total. The van der Waals surface area contributed by atoms with Crippen molar-refractivity contribution < 1.29 is 9.26 Å². The van der Waals surface area contributed by atoms with Crippen LogP contribution >= 0.6 is 24.0 Å². The molecule has 0 aromatic carbocycles. The molecule has 0 spiro atoms. The lowest BCUT2D eigenvalue weighted by atomic mass is 10.00. The molecule has 0 amide bonds. The van der Waals surface area contributed by atoms with Crippen molar-refractivity contribution in [2.45, 2.75) is 47.0 Å². The average Bonchev–Trinajstić information content (AvgIpc) is 2.84. The van der Waals surface area contributed by atoms with Crippen LogP contribution in [0.15, 0.2) is 9.52 Å². The number of aryl methyl sites for hydroxylation is 2. The van der Waals surface area contributed by atoms with Crippen molar-refractivity contribution in [3.05, 3.63) is 17.0 Å². The molecule has 1 atom stereocenters. The van der Waals surface area contributed by atoms with Gasteiger partial charge in [-0.2, -0.15) is 0 Å². The number of hydrogen-bond donors (Lipinski definition) is 2. The normalized spacial score (nSPS) is 12.9. The predicted octanol–water partition coefficient (Wildman–Crippen LogP) is 3.24. The lowest BCUT2D eigenvalue weighted by molar-refractivity contribution is 0.108. The van der Waals surface area contributed by atoms with Crippen LogP contribution in [0.5, 0.6) is 0 Å².